The summed E-state index contributed by atoms with van der Waals surface area (Å²) in [6, 6.07) is 3.08. The molecule has 1 fully saturated rings. The number of anilines is 1. The highest BCUT2D eigenvalue weighted by Gasteiger charge is 2.37. The molecule has 0 saturated carbocycles. The Labute approximate surface area is 105 Å². The van der Waals surface area contributed by atoms with Crippen LogP contribution in [-0.4, -0.2) is 18.1 Å². The first-order chi connectivity index (χ1) is 8.52. The zero-order valence-corrected chi connectivity index (χ0v) is 10.4. The fourth-order valence-electron chi connectivity index (χ4n) is 2.45. The van der Waals surface area contributed by atoms with Crippen LogP contribution in [0.4, 0.5) is 18.9 Å². The first kappa shape index (κ1) is 13.2. The van der Waals surface area contributed by atoms with Gasteiger partial charge < -0.3 is 4.90 Å². The van der Waals surface area contributed by atoms with E-state index < -0.39 is 11.9 Å². The molecule has 100 valence electrons. The van der Waals surface area contributed by atoms with Crippen LogP contribution in [0.2, 0.25) is 0 Å². The van der Waals surface area contributed by atoms with E-state index in [0.29, 0.717) is 19.0 Å². The minimum absolute atomic E-state index is 0.222. The molecule has 18 heavy (non-hydrogen) atoms. The summed E-state index contributed by atoms with van der Waals surface area (Å²) >= 11 is 0. The van der Waals surface area contributed by atoms with E-state index in [1.54, 1.807) is 6.07 Å². The standard InChI is InChI=1S/C13H17F3N2/c1-2-10-5-8-18(9-6-10)11-4-3-7-17-12(11)13(14,15)16/h3-4,7,10H,2,5-6,8-9H2,1H3. The maximum absolute atomic E-state index is 12.9. The lowest BCUT2D eigenvalue weighted by molar-refractivity contribution is -0.140. The Morgan fingerprint density at radius 1 is 1.33 bits per heavy atom. The molecular weight excluding hydrogens is 241 g/mol. The summed E-state index contributed by atoms with van der Waals surface area (Å²) in [6.45, 7) is 3.51. The first-order valence-corrected chi connectivity index (χ1v) is 6.29. The summed E-state index contributed by atoms with van der Waals surface area (Å²) in [5.74, 6) is 0.646. The van der Waals surface area contributed by atoms with Crippen molar-refractivity contribution in [2.24, 2.45) is 5.92 Å². The van der Waals surface area contributed by atoms with E-state index in [1.807, 2.05) is 4.90 Å². The van der Waals surface area contributed by atoms with Crippen molar-refractivity contribution in [3.63, 3.8) is 0 Å². The maximum Gasteiger partial charge on any atom is 0.435 e. The van der Waals surface area contributed by atoms with Crippen molar-refractivity contribution in [3.8, 4) is 0 Å². The molecule has 1 aromatic rings. The Hall–Kier alpha value is -1.26. The van der Waals surface area contributed by atoms with Crippen molar-refractivity contribution in [2.75, 3.05) is 18.0 Å². The van der Waals surface area contributed by atoms with Crippen LogP contribution in [0, 0.1) is 5.92 Å². The molecule has 1 aromatic heterocycles. The van der Waals surface area contributed by atoms with Gasteiger partial charge in [-0.25, -0.2) is 4.98 Å². The fraction of sp³-hybridized carbons (Fsp3) is 0.615. The highest BCUT2D eigenvalue weighted by molar-refractivity contribution is 5.52. The summed E-state index contributed by atoms with van der Waals surface area (Å²) in [7, 11) is 0. The van der Waals surface area contributed by atoms with Gasteiger partial charge in [0.2, 0.25) is 0 Å². The summed E-state index contributed by atoms with van der Waals surface area (Å²) < 4.78 is 38.6. The monoisotopic (exact) mass is 258 g/mol. The SMILES string of the molecule is CCC1CCN(c2cccnc2C(F)(F)F)CC1. The number of halogens is 3. The largest absolute Gasteiger partial charge is 0.435 e. The van der Waals surface area contributed by atoms with Gasteiger partial charge >= 0.3 is 6.18 Å². The lowest BCUT2D eigenvalue weighted by atomic mass is 9.94. The molecule has 1 saturated heterocycles. The van der Waals surface area contributed by atoms with Crippen LogP contribution in [-0.2, 0) is 6.18 Å². The van der Waals surface area contributed by atoms with Gasteiger partial charge in [-0.1, -0.05) is 13.3 Å². The second kappa shape index (κ2) is 5.16. The van der Waals surface area contributed by atoms with Crippen molar-refractivity contribution in [1.29, 1.82) is 0 Å². The number of hydrogen-bond donors (Lipinski definition) is 0. The number of nitrogens with zero attached hydrogens (tertiary/aromatic N) is 2. The lowest BCUT2D eigenvalue weighted by Crippen LogP contribution is -2.35. The molecule has 1 aliphatic heterocycles. The van der Waals surface area contributed by atoms with Gasteiger partial charge in [0.25, 0.3) is 0 Å². The Morgan fingerprint density at radius 3 is 2.56 bits per heavy atom. The lowest BCUT2D eigenvalue weighted by Gasteiger charge is -2.34. The molecule has 0 radical (unpaired) electrons. The van der Waals surface area contributed by atoms with E-state index in [-0.39, 0.29) is 5.69 Å². The molecule has 5 heteroatoms. The van der Waals surface area contributed by atoms with Crippen LogP contribution >= 0.6 is 0 Å². The molecule has 0 spiro atoms. The summed E-state index contributed by atoms with van der Waals surface area (Å²) in [4.78, 5) is 5.31. The molecule has 2 nitrogen and oxygen atoms in total. The molecular formula is C13H17F3N2. The molecule has 2 heterocycles. The predicted octanol–water partition coefficient (Wildman–Crippen LogP) is 3.73. The smallest absolute Gasteiger partial charge is 0.370 e. The van der Waals surface area contributed by atoms with Gasteiger partial charge in [0.05, 0.1) is 5.69 Å². The number of rotatable bonds is 2. The van der Waals surface area contributed by atoms with E-state index in [2.05, 4.69) is 11.9 Å². The molecule has 0 atom stereocenters. The fourth-order valence-corrected chi connectivity index (χ4v) is 2.45. The van der Waals surface area contributed by atoms with Crippen LogP contribution in [0.5, 0.6) is 0 Å². The number of alkyl halides is 3. The molecule has 0 unspecified atom stereocenters. The number of aromatic nitrogens is 1. The van der Waals surface area contributed by atoms with Crippen molar-refractivity contribution in [3.05, 3.63) is 24.0 Å². The Bertz CT molecular complexity index is 395. The molecule has 0 aliphatic carbocycles. The highest BCUT2D eigenvalue weighted by atomic mass is 19.4. The normalized spacial score (nSPS) is 18.1. The Morgan fingerprint density at radius 2 is 2.00 bits per heavy atom. The average molecular weight is 258 g/mol. The second-order valence-electron chi connectivity index (χ2n) is 4.71. The average Bonchev–Trinajstić information content (AvgIpc) is 2.38. The van der Waals surface area contributed by atoms with E-state index in [9.17, 15) is 13.2 Å². The van der Waals surface area contributed by atoms with E-state index >= 15 is 0 Å². The van der Waals surface area contributed by atoms with Gasteiger partial charge in [-0.2, -0.15) is 13.2 Å². The van der Waals surface area contributed by atoms with E-state index in [1.165, 1.54) is 12.3 Å². The number of pyridine rings is 1. The molecule has 2 rings (SSSR count). The highest BCUT2D eigenvalue weighted by Crippen LogP contribution is 2.36. The Kier molecular flexibility index (Phi) is 3.78. The molecule has 0 amide bonds. The number of piperidine rings is 1. The van der Waals surface area contributed by atoms with Crippen LogP contribution in [0.3, 0.4) is 0 Å². The first-order valence-electron chi connectivity index (χ1n) is 6.29. The van der Waals surface area contributed by atoms with Crippen LogP contribution in [0.1, 0.15) is 31.9 Å². The Balaban J connectivity index is 2.19. The second-order valence-corrected chi connectivity index (χ2v) is 4.71. The quantitative estimate of drug-likeness (QED) is 0.803. The number of hydrogen-bond acceptors (Lipinski definition) is 2. The zero-order valence-electron chi connectivity index (χ0n) is 10.4. The summed E-state index contributed by atoms with van der Waals surface area (Å²) in [5.41, 5.74) is -0.542. The predicted molar refractivity (Wildman–Crippen MR) is 64.5 cm³/mol. The summed E-state index contributed by atoms with van der Waals surface area (Å²) in [5, 5.41) is 0. The third-order valence-electron chi connectivity index (χ3n) is 3.59. The zero-order chi connectivity index (χ0) is 13.2. The van der Waals surface area contributed by atoms with Gasteiger partial charge in [-0.3, -0.25) is 0 Å². The van der Waals surface area contributed by atoms with Crippen LogP contribution in [0.25, 0.3) is 0 Å². The molecule has 1 aliphatic rings. The topological polar surface area (TPSA) is 16.1 Å². The molecule has 0 bridgehead atoms. The minimum Gasteiger partial charge on any atom is -0.370 e. The maximum atomic E-state index is 12.9. The third-order valence-corrected chi connectivity index (χ3v) is 3.59. The third kappa shape index (κ3) is 2.76. The van der Waals surface area contributed by atoms with Crippen LogP contribution < -0.4 is 4.90 Å². The van der Waals surface area contributed by atoms with Crippen molar-refractivity contribution in [1.82, 2.24) is 4.98 Å². The van der Waals surface area contributed by atoms with Gasteiger partial charge in [0, 0.05) is 19.3 Å². The van der Waals surface area contributed by atoms with Crippen molar-refractivity contribution < 1.29 is 13.2 Å². The van der Waals surface area contributed by atoms with Gasteiger partial charge in [0.1, 0.15) is 0 Å². The summed E-state index contributed by atoms with van der Waals surface area (Å²) in [6.07, 6.45) is -0.151. The van der Waals surface area contributed by atoms with Gasteiger partial charge in [-0.05, 0) is 30.9 Å². The molecule has 0 N–H and O–H groups in total. The van der Waals surface area contributed by atoms with Crippen molar-refractivity contribution >= 4 is 5.69 Å². The van der Waals surface area contributed by atoms with E-state index in [4.69, 9.17) is 0 Å². The van der Waals surface area contributed by atoms with Gasteiger partial charge in [0.15, 0.2) is 5.69 Å². The van der Waals surface area contributed by atoms with Crippen LogP contribution in [0.15, 0.2) is 18.3 Å². The molecule has 0 aromatic carbocycles. The van der Waals surface area contributed by atoms with Gasteiger partial charge in [-0.15, -0.1) is 0 Å². The minimum atomic E-state index is -4.38. The van der Waals surface area contributed by atoms with Crippen molar-refractivity contribution in [2.45, 2.75) is 32.4 Å². The van der Waals surface area contributed by atoms with E-state index in [0.717, 1.165) is 19.3 Å².